The molecule has 0 bridgehead atoms. The highest BCUT2D eigenvalue weighted by Gasteiger charge is 2.30. The van der Waals surface area contributed by atoms with Crippen LogP contribution in [0.25, 0.3) is 0 Å². The van der Waals surface area contributed by atoms with Gasteiger partial charge in [-0.05, 0) is 35.7 Å². The summed E-state index contributed by atoms with van der Waals surface area (Å²) in [5, 5.41) is 0. The standard InChI is InChI=1S/C21H24FN3O3S/c22-19-6-3-7-20(14-19)29(27,28)25-12-10-23(11-13-25)16-21(26)24-9-8-17-4-1-2-5-18(17)15-24/h1-7,14H,8-13,15-16H2. The van der Waals surface area contributed by atoms with E-state index in [2.05, 4.69) is 12.1 Å². The maximum Gasteiger partial charge on any atom is 0.243 e. The zero-order chi connectivity index (χ0) is 20.4. The fourth-order valence-electron chi connectivity index (χ4n) is 3.90. The molecule has 2 heterocycles. The van der Waals surface area contributed by atoms with Crippen LogP contribution >= 0.6 is 0 Å². The van der Waals surface area contributed by atoms with Crippen LogP contribution in [0.5, 0.6) is 0 Å². The van der Waals surface area contributed by atoms with Crippen molar-refractivity contribution in [1.82, 2.24) is 14.1 Å². The Labute approximate surface area is 170 Å². The maximum atomic E-state index is 13.4. The summed E-state index contributed by atoms with van der Waals surface area (Å²) in [6.07, 6.45) is 0.863. The average Bonchev–Trinajstić information content (AvgIpc) is 2.74. The van der Waals surface area contributed by atoms with E-state index >= 15 is 0 Å². The minimum atomic E-state index is -3.72. The van der Waals surface area contributed by atoms with Gasteiger partial charge in [0, 0.05) is 39.3 Å². The second-order valence-electron chi connectivity index (χ2n) is 7.47. The number of carbonyl (C=O) groups is 1. The molecule has 154 valence electrons. The minimum absolute atomic E-state index is 0.0333. The SMILES string of the molecule is O=C(CN1CCN(S(=O)(=O)c2cccc(F)c2)CC1)N1CCc2ccccc2C1. The Morgan fingerprint density at radius 2 is 1.66 bits per heavy atom. The number of halogens is 1. The Morgan fingerprint density at radius 3 is 2.38 bits per heavy atom. The molecular formula is C21H24FN3O3S. The fourth-order valence-corrected chi connectivity index (χ4v) is 5.36. The lowest BCUT2D eigenvalue weighted by Gasteiger charge is -2.35. The van der Waals surface area contributed by atoms with Gasteiger partial charge in [0.05, 0.1) is 11.4 Å². The van der Waals surface area contributed by atoms with Gasteiger partial charge in [-0.25, -0.2) is 12.8 Å². The summed E-state index contributed by atoms with van der Waals surface area (Å²) in [7, 11) is -3.72. The van der Waals surface area contributed by atoms with Crippen molar-refractivity contribution in [3.05, 3.63) is 65.5 Å². The molecule has 2 aliphatic rings. The number of hydrogen-bond acceptors (Lipinski definition) is 4. The number of nitrogens with zero attached hydrogens (tertiary/aromatic N) is 3. The van der Waals surface area contributed by atoms with Gasteiger partial charge in [0.15, 0.2) is 0 Å². The number of fused-ring (bicyclic) bond motifs is 1. The molecule has 0 unspecified atom stereocenters. The first-order valence-electron chi connectivity index (χ1n) is 9.76. The Morgan fingerprint density at radius 1 is 0.931 bits per heavy atom. The predicted octanol–water partition coefficient (Wildman–Crippen LogP) is 1.72. The molecule has 0 aliphatic carbocycles. The van der Waals surface area contributed by atoms with Crippen LogP contribution in [0.4, 0.5) is 4.39 Å². The molecule has 0 spiro atoms. The monoisotopic (exact) mass is 417 g/mol. The van der Waals surface area contributed by atoms with Crippen LogP contribution in [0.3, 0.4) is 0 Å². The maximum absolute atomic E-state index is 13.4. The van der Waals surface area contributed by atoms with E-state index in [-0.39, 0.29) is 30.4 Å². The fraction of sp³-hybridized carbons (Fsp3) is 0.381. The van der Waals surface area contributed by atoms with Crippen LogP contribution in [-0.2, 0) is 27.8 Å². The van der Waals surface area contributed by atoms with Crippen molar-refractivity contribution < 1.29 is 17.6 Å². The van der Waals surface area contributed by atoms with Crippen LogP contribution in [0.2, 0.25) is 0 Å². The zero-order valence-corrected chi connectivity index (χ0v) is 16.9. The molecule has 2 aromatic rings. The molecule has 2 aromatic carbocycles. The Bertz CT molecular complexity index is 1000. The third-order valence-corrected chi connectivity index (χ3v) is 7.50. The molecule has 0 saturated carbocycles. The normalized spacial score (nSPS) is 18.4. The Hall–Kier alpha value is -2.29. The van der Waals surface area contributed by atoms with E-state index in [0.29, 0.717) is 26.2 Å². The molecule has 6 nitrogen and oxygen atoms in total. The first-order valence-corrected chi connectivity index (χ1v) is 11.2. The van der Waals surface area contributed by atoms with E-state index in [1.165, 1.54) is 33.6 Å². The van der Waals surface area contributed by atoms with Gasteiger partial charge in [-0.1, -0.05) is 30.3 Å². The lowest BCUT2D eigenvalue weighted by Crippen LogP contribution is -2.51. The third kappa shape index (κ3) is 4.34. The second kappa shape index (κ2) is 8.22. The number of hydrogen-bond donors (Lipinski definition) is 0. The summed E-state index contributed by atoms with van der Waals surface area (Å²) in [6, 6.07) is 13.2. The van der Waals surface area contributed by atoms with Crippen molar-refractivity contribution in [3.63, 3.8) is 0 Å². The van der Waals surface area contributed by atoms with Crippen molar-refractivity contribution >= 4 is 15.9 Å². The lowest BCUT2D eigenvalue weighted by molar-refractivity contribution is -0.133. The number of amides is 1. The molecule has 29 heavy (non-hydrogen) atoms. The van der Waals surface area contributed by atoms with Crippen LogP contribution in [0.1, 0.15) is 11.1 Å². The predicted molar refractivity (Wildman–Crippen MR) is 107 cm³/mol. The molecule has 2 aliphatic heterocycles. The highest BCUT2D eigenvalue weighted by atomic mass is 32.2. The van der Waals surface area contributed by atoms with Gasteiger partial charge in [0.25, 0.3) is 0 Å². The largest absolute Gasteiger partial charge is 0.337 e. The van der Waals surface area contributed by atoms with Gasteiger partial charge in [0.2, 0.25) is 15.9 Å². The van der Waals surface area contributed by atoms with E-state index < -0.39 is 15.8 Å². The van der Waals surface area contributed by atoms with Crippen LogP contribution in [0.15, 0.2) is 53.4 Å². The molecule has 0 radical (unpaired) electrons. The minimum Gasteiger partial charge on any atom is -0.337 e. The van der Waals surface area contributed by atoms with Gasteiger partial charge in [0.1, 0.15) is 5.82 Å². The Kier molecular flexibility index (Phi) is 5.67. The molecular weight excluding hydrogens is 393 g/mol. The molecule has 4 rings (SSSR count). The summed E-state index contributed by atoms with van der Waals surface area (Å²) >= 11 is 0. The van der Waals surface area contributed by atoms with E-state index in [4.69, 9.17) is 0 Å². The van der Waals surface area contributed by atoms with E-state index in [1.54, 1.807) is 0 Å². The topological polar surface area (TPSA) is 60.9 Å². The summed E-state index contributed by atoms with van der Waals surface area (Å²) in [5.41, 5.74) is 2.49. The quantitative estimate of drug-likeness (QED) is 0.760. The smallest absolute Gasteiger partial charge is 0.243 e. The van der Waals surface area contributed by atoms with Gasteiger partial charge in [-0.15, -0.1) is 0 Å². The van der Waals surface area contributed by atoms with Crippen LogP contribution in [-0.4, -0.2) is 67.7 Å². The van der Waals surface area contributed by atoms with Gasteiger partial charge >= 0.3 is 0 Å². The van der Waals surface area contributed by atoms with Gasteiger partial charge in [-0.3, -0.25) is 9.69 Å². The van der Waals surface area contributed by atoms with E-state index in [1.807, 2.05) is 21.9 Å². The van der Waals surface area contributed by atoms with E-state index in [9.17, 15) is 17.6 Å². The number of piperazine rings is 1. The second-order valence-corrected chi connectivity index (χ2v) is 9.41. The highest BCUT2D eigenvalue weighted by Crippen LogP contribution is 2.20. The molecule has 8 heteroatoms. The van der Waals surface area contributed by atoms with Gasteiger partial charge < -0.3 is 4.90 Å². The molecule has 0 aromatic heterocycles. The summed E-state index contributed by atoms with van der Waals surface area (Å²) in [5.74, 6) is -0.501. The van der Waals surface area contributed by atoms with Crippen molar-refractivity contribution in [2.75, 3.05) is 39.3 Å². The molecule has 1 fully saturated rings. The molecule has 0 atom stereocenters. The molecule has 1 saturated heterocycles. The van der Waals surface area contributed by atoms with E-state index in [0.717, 1.165) is 12.5 Å². The molecule has 1 amide bonds. The summed E-state index contributed by atoms with van der Waals surface area (Å²) in [4.78, 5) is 16.6. The Balaban J connectivity index is 1.33. The van der Waals surface area contributed by atoms with Crippen molar-refractivity contribution in [2.24, 2.45) is 0 Å². The average molecular weight is 418 g/mol. The van der Waals surface area contributed by atoms with Crippen LogP contribution in [0, 0.1) is 5.82 Å². The number of sulfonamides is 1. The highest BCUT2D eigenvalue weighted by molar-refractivity contribution is 7.89. The van der Waals surface area contributed by atoms with Crippen molar-refractivity contribution in [2.45, 2.75) is 17.9 Å². The first kappa shape index (κ1) is 20.0. The van der Waals surface area contributed by atoms with Crippen LogP contribution < -0.4 is 0 Å². The van der Waals surface area contributed by atoms with Crippen molar-refractivity contribution in [1.29, 1.82) is 0 Å². The molecule has 0 N–H and O–H groups in total. The number of benzene rings is 2. The first-order chi connectivity index (χ1) is 13.9. The summed E-state index contributed by atoms with van der Waals surface area (Å²) in [6.45, 7) is 3.15. The number of carbonyl (C=O) groups excluding carboxylic acids is 1. The van der Waals surface area contributed by atoms with Gasteiger partial charge in [-0.2, -0.15) is 4.31 Å². The lowest BCUT2D eigenvalue weighted by atomic mass is 10.00. The third-order valence-electron chi connectivity index (χ3n) is 5.61. The number of rotatable bonds is 4. The zero-order valence-electron chi connectivity index (χ0n) is 16.1. The summed E-state index contributed by atoms with van der Waals surface area (Å²) < 4.78 is 40.2. The van der Waals surface area contributed by atoms with Crippen molar-refractivity contribution in [3.8, 4) is 0 Å².